The third-order valence-corrected chi connectivity index (χ3v) is 5.24. The minimum atomic E-state index is -0.0524. The van der Waals surface area contributed by atoms with Crippen molar-refractivity contribution in [2.24, 2.45) is 11.8 Å². The summed E-state index contributed by atoms with van der Waals surface area (Å²) in [4.78, 5) is 14.7. The van der Waals surface area contributed by atoms with Crippen LogP contribution in [0.15, 0.2) is 18.2 Å². The van der Waals surface area contributed by atoms with E-state index in [-0.39, 0.29) is 18.6 Å². The van der Waals surface area contributed by atoms with Gasteiger partial charge < -0.3 is 10.4 Å². The molecule has 2 aliphatic rings. The van der Waals surface area contributed by atoms with E-state index in [1.165, 1.54) is 12.8 Å². The molecular formula is C17H23ClN2O2. The van der Waals surface area contributed by atoms with Gasteiger partial charge in [0.25, 0.3) is 5.91 Å². The van der Waals surface area contributed by atoms with Crippen LogP contribution in [0.25, 0.3) is 0 Å². The Labute approximate surface area is 136 Å². The van der Waals surface area contributed by atoms with Crippen molar-refractivity contribution in [1.29, 1.82) is 0 Å². The van der Waals surface area contributed by atoms with Crippen LogP contribution < -0.4 is 5.32 Å². The maximum absolute atomic E-state index is 12.5. The lowest BCUT2D eigenvalue weighted by molar-refractivity contribution is 0.0928. The van der Waals surface area contributed by atoms with Crippen LogP contribution in [0.5, 0.6) is 0 Å². The second-order valence-electron chi connectivity index (χ2n) is 6.53. The number of rotatable bonds is 5. The molecule has 5 heteroatoms. The van der Waals surface area contributed by atoms with Crippen molar-refractivity contribution >= 4 is 17.5 Å². The molecule has 1 aromatic rings. The standard InChI is InChI=1S/C17H23ClN2O2/c1-11-2-3-13(8-15(11)18)17(22)19-16-10-20(6-7-21)9-14(16)12-4-5-12/h2-3,8,12,14,16,21H,4-7,9-10H2,1H3,(H,19,22)/t14-,16+/m0/s1. The third kappa shape index (κ3) is 3.45. The van der Waals surface area contributed by atoms with Gasteiger partial charge in [-0.1, -0.05) is 17.7 Å². The van der Waals surface area contributed by atoms with E-state index >= 15 is 0 Å². The molecule has 0 bridgehead atoms. The molecule has 0 spiro atoms. The topological polar surface area (TPSA) is 52.6 Å². The van der Waals surface area contributed by atoms with Crippen molar-refractivity contribution in [1.82, 2.24) is 10.2 Å². The summed E-state index contributed by atoms with van der Waals surface area (Å²) in [6, 6.07) is 5.61. The van der Waals surface area contributed by atoms with Gasteiger partial charge in [-0.05, 0) is 49.3 Å². The lowest BCUT2D eigenvalue weighted by Crippen LogP contribution is -2.41. The Morgan fingerprint density at radius 2 is 2.18 bits per heavy atom. The quantitative estimate of drug-likeness (QED) is 0.872. The van der Waals surface area contributed by atoms with Gasteiger partial charge in [0.2, 0.25) is 0 Å². The average molecular weight is 323 g/mol. The van der Waals surface area contributed by atoms with Crippen molar-refractivity contribution in [2.45, 2.75) is 25.8 Å². The molecule has 22 heavy (non-hydrogen) atoms. The SMILES string of the molecule is Cc1ccc(C(=O)N[C@@H]2CN(CCO)C[C@H]2C2CC2)cc1Cl. The molecule has 1 heterocycles. The summed E-state index contributed by atoms with van der Waals surface area (Å²) in [5, 5.41) is 12.9. The van der Waals surface area contributed by atoms with Gasteiger partial charge in [-0.2, -0.15) is 0 Å². The van der Waals surface area contributed by atoms with Gasteiger partial charge in [-0.25, -0.2) is 0 Å². The Bertz CT molecular complexity index is 560. The molecule has 2 atom stereocenters. The fourth-order valence-corrected chi connectivity index (χ4v) is 3.56. The summed E-state index contributed by atoms with van der Waals surface area (Å²) in [5.74, 6) is 1.19. The molecular weight excluding hydrogens is 300 g/mol. The number of benzene rings is 1. The Balaban J connectivity index is 1.67. The van der Waals surface area contributed by atoms with Crippen LogP contribution in [0.4, 0.5) is 0 Å². The number of carbonyl (C=O) groups excluding carboxylic acids is 1. The number of hydrogen-bond acceptors (Lipinski definition) is 3. The highest BCUT2D eigenvalue weighted by molar-refractivity contribution is 6.31. The molecule has 120 valence electrons. The molecule has 0 radical (unpaired) electrons. The average Bonchev–Trinajstić information content (AvgIpc) is 3.25. The van der Waals surface area contributed by atoms with Crippen molar-refractivity contribution < 1.29 is 9.90 Å². The summed E-state index contributed by atoms with van der Waals surface area (Å²) in [6.07, 6.45) is 2.53. The van der Waals surface area contributed by atoms with Crippen molar-refractivity contribution in [2.75, 3.05) is 26.2 Å². The Hall–Kier alpha value is -1.10. The maximum Gasteiger partial charge on any atom is 0.251 e. The number of nitrogens with zero attached hydrogens (tertiary/aromatic N) is 1. The number of halogens is 1. The lowest BCUT2D eigenvalue weighted by Gasteiger charge is -2.19. The first-order chi connectivity index (χ1) is 10.6. The molecule has 0 aromatic heterocycles. The number of carbonyl (C=O) groups is 1. The van der Waals surface area contributed by atoms with E-state index in [4.69, 9.17) is 16.7 Å². The fourth-order valence-electron chi connectivity index (χ4n) is 3.38. The number of nitrogens with one attached hydrogen (secondary N) is 1. The van der Waals surface area contributed by atoms with Crippen LogP contribution in [-0.4, -0.2) is 48.2 Å². The van der Waals surface area contributed by atoms with Crippen LogP contribution in [0.1, 0.15) is 28.8 Å². The Morgan fingerprint density at radius 3 is 2.82 bits per heavy atom. The van der Waals surface area contributed by atoms with E-state index in [2.05, 4.69) is 10.2 Å². The number of aliphatic hydroxyl groups excluding tert-OH is 1. The van der Waals surface area contributed by atoms with Crippen molar-refractivity contribution in [3.8, 4) is 0 Å². The van der Waals surface area contributed by atoms with Crippen LogP contribution >= 0.6 is 11.6 Å². The molecule has 2 N–H and O–H groups in total. The van der Waals surface area contributed by atoms with E-state index in [1.54, 1.807) is 6.07 Å². The molecule has 1 saturated heterocycles. The summed E-state index contributed by atoms with van der Waals surface area (Å²) in [6.45, 7) is 4.59. The van der Waals surface area contributed by atoms with E-state index < -0.39 is 0 Å². The summed E-state index contributed by atoms with van der Waals surface area (Å²) in [7, 11) is 0. The predicted molar refractivity (Wildman–Crippen MR) is 87.2 cm³/mol. The second kappa shape index (κ2) is 6.57. The molecule has 4 nitrogen and oxygen atoms in total. The van der Waals surface area contributed by atoms with Gasteiger partial charge in [-0.15, -0.1) is 0 Å². The number of β-amino-alcohol motifs (C(OH)–C–C–N with tert-alkyl or cyclic N) is 1. The Morgan fingerprint density at radius 1 is 1.41 bits per heavy atom. The van der Waals surface area contributed by atoms with Gasteiger partial charge in [-0.3, -0.25) is 9.69 Å². The molecule has 1 saturated carbocycles. The predicted octanol–water partition coefficient (Wildman–Crippen LogP) is 2.08. The van der Waals surface area contributed by atoms with Gasteiger partial charge in [0.1, 0.15) is 0 Å². The first-order valence-corrected chi connectivity index (χ1v) is 8.36. The molecule has 1 aliphatic carbocycles. The molecule has 3 rings (SSSR count). The van der Waals surface area contributed by atoms with Crippen molar-refractivity contribution in [3.63, 3.8) is 0 Å². The van der Waals surface area contributed by atoms with E-state index in [0.717, 1.165) is 24.6 Å². The summed E-state index contributed by atoms with van der Waals surface area (Å²) >= 11 is 6.11. The second-order valence-corrected chi connectivity index (χ2v) is 6.94. The minimum absolute atomic E-state index is 0.0524. The summed E-state index contributed by atoms with van der Waals surface area (Å²) in [5.41, 5.74) is 1.59. The zero-order chi connectivity index (χ0) is 15.7. The van der Waals surface area contributed by atoms with Crippen LogP contribution in [0.2, 0.25) is 5.02 Å². The third-order valence-electron chi connectivity index (χ3n) is 4.83. The van der Waals surface area contributed by atoms with Crippen LogP contribution in [0, 0.1) is 18.8 Å². The zero-order valence-corrected chi connectivity index (χ0v) is 13.6. The molecule has 2 fully saturated rings. The lowest BCUT2D eigenvalue weighted by atomic mass is 9.97. The summed E-state index contributed by atoms with van der Waals surface area (Å²) < 4.78 is 0. The Kier molecular flexibility index (Phi) is 4.71. The van der Waals surface area contributed by atoms with Gasteiger partial charge in [0.15, 0.2) is 0 Å². The van der Waals surface area contributed by atoms with Crippen LogP contribution in [0.3, 0.4) is 0 Å². The number of hydrogen-bond donors (Lipinski definition) is 2. The normalized spacial score (nSPS) is 25.4. The monoisotopic (exact) mass is 322 g/mol. The first kappa shape index (κ1) is 15.8. The number of aryl methyl sites for hydroxylation is 1. The molecule has 1 amide bonds. The van der Waals surface area contributed by atoms with Crippen LogP contribution in [-0.2, 0) is 0 Å². The zero-order valence-electron chi connectivity index (χ0n) is 12.9. The largest absolute Gasteiger partial charge is 0.395 e. The molecule has 1 aliphatic heterocycles. The molecule has 0 unspecified atom stereocenters. The molecule has 1 aromatic carbocycles. The smallest absolute Gasteiger partial charge is 0.251 e. The van der Waals surface area contributed by atoms with Gasteiger partial charge in [0, 0.05) is 36.3 Å². The fraction of sp³-hybridized carbons (Fsp3) is 0.588. The number of aliphatic hydroxyl groups is 1. The van der Waals surface area contributed by atoms with E-state index in [9.17, 15) is 4.79 Å². The van der Waals surface area contributed by atoms with Gasteiger partial charge in [0.05, 0.1) is 6.61 Å². The van der Waals surface area contributed by atoms with E-state index in [0.29, 0.717) is 23.0 Å². The maximum atomic E-state index is 12.5. The highest BCUT2D eigenvalue weighted by atomic mass is 35.5. The first-order valence-electron chi connectivity index (χ1n) is 7.98. The van der Waals surface area contributed by atoms with Gasteiger partial charge >= 0.3 is 0 Å². The highest BCUT2D eigenvalue weighted by Crippen LogP contribution is 2.41. The number of amides is 1. The highest BCUT2D eigenvalue weighted by Gasteiger charge is 2.42. The van der Waals surface area contributed by atoms with Crippen molar-refractivity contribution in [3.05, 3.63) is 34.3 Å². The number of likely N-dealkylation sites (tertiary alicyclic amines) is 1. The minimum Gasteiger partial charge on any atom is -0.395 e. The van der Waals surface area contributed by atoms with E-state index in [1.807, 2.05) is 19.1 Å².